The zero-order valence-electron chi connectivity index (χ0n) is 16.5. The molecule has 0 aliphatic heterocycles. The minimum Gasteiger partial charge on any atom is -0.379 e. The third-order valence-corrected chi connectivity index (χ3v) is 3.10. The van der Waals surface area contributed by atoms with Crippen molar-refractivity contribution in [3.05, 3.63) is 0 Å². The number of hydrogen-bond acceptors (Lipinski definition) is 4. The molecule has 0 saturated carbocycles. The Balaban J connectivity index is 3.37. The second kappa shape index (κ2) is 11.6. The summed E-state index contributed by atoms with van der Waals surface area (Å²) in [5.41, 5.74) is 0.0706. The highest BCUT2D eigenvalue weighted by Crippen LogP contribution is 2.20. The Morgan fingerprint density at radius 3 is 1.88 bits per heavy atom. The normalized spacial score (nSPS) is 12.2. The molecule has 0 radical (unpaired) electrons. The van der Waals surface area contributed by atoms with Crippen LogP contribution in [0.2, 0.25) is 0 Å². The Labute approximate surface area is 147 Å². The van der Waals surface area contributed by atoms with Crippen molar-refractivity contribution in [1.29, 1.82) is 0 Å². The Bertz CT molecular complexity index is 331. The number of ether oxygens (including phenoxy) is 2. The van der Waals surface area contributed by atoms with Crippen LogP contribution in [0.15, 0.2) is 0 Å². The fourth-order valence-corrected chi connectivity index (χ4v) is 2.18. The predicted octanol–water partition coefficient (Wildman–Crippen LogP) is 3.36. The topological polar surface area (TPSA) is 64.6 Å². The molecular formula is C19H37NO4. The maximum atomic E-state index is 11.7. The quantitative estimate of drug-likeness (QED) is 0.552. The fourth-order valence-electron chi connectivity index (χ4n) is 2.18. The van der Waals surface area contributed by atoms with Crippen molar-refractivity contribution in [2.24, 2.45) is 10.8 Å². The van der Waals surface area contributed by atoms with E-state index in [4.69, 9.17) is 9.47 Å². The number of nitrogens with one attached hydrogen (secondary N) is 1. The molecule has 0 spiro atoms. The highest BCUT2D eigenvalue weighted by Gasteiger charge is 2.16. The van der Waals surface area contributed by atoms with Crippen LogP contribution in [0, 0.1) is 10.8 Å². The molecule has 0 aliphatic carbocycles. The molecule has 1 N–H and O–H groups in total. The summed E-state index contributed by atoms with van der Waals surface area (Å²) >= 11 is 0. The van der Waals surface area contributed by atoms with Crippen molar-refractivity contribution in [2.75, 3.05) is 33.0 Å². The summed E-state index contributed by atoms with van der Waals surface area (Å²) in [4.78, 5) is 23.3. The minimum absolute atomic E-state index is 0.00699. The summed E-state index contributed by atoms with van der Waals surface area (Å²) < 4.78 is 10.8. The van der Waals surface area contributed by atoms with Crippen LogP contribution >= 0.6 is 0 Å². The number of carbonyl (C=O) groups is 2. The average Bonchev–Trinajstić information content (AvgIpc) is 2.36. The van der Waals surface area contributed by atoms with Crippen LogP contribution < -0.4 is 5.32 Å². The SMILES string of the molecule is CC(C)(C)CC(=O)CCCOCCOCCNC(=O)CC(C)(C)C. The standard InChI is InChI=1S/C19H37NO4/c1-18(2,3)14-16(21)8-7-10-23-12-13-24-11-9-20-17(22)15-19(4,5)6/h7-15H2,1-6H3,(H,20,22). The molecule has 0 aromatic carbocycles. The number of rotatable bonds is 12. The largest absolute Gasteiger partial charge is 0.379 e. The van der Waals surface area contributed by atoms with Gasteiger partial charge in [0, 0.05) is 32.4 Å². The molecule has 0 rings (SSSR count). The predicted molar refractivity (Wildman–Crippen MR) is 97.0 cm³/mol. The van der Waals surface area contributed by atoms with Crippen LogP contribution in [-0.4, -0.2) is 44.7 Å². The lowest BCUT2D eigenvalue weighted by molar-refractivity contribution is -0.123. The van der Waals surface area contributed by atoms with E-state index < -0.39 is 0 Å². The van der Waals surface area contributed by atoms with E-state index in [1.165, 1.54) is 0 Å². The first-order chi connectivity index (χ1) is 11.0. The molecule has 0 bridgehead atoms. The zero-order valence-corrected chi connectivity index (χ0v) is 16.5. The summed E-state index contributed by atoms with van der Waals surface area (Å²) in [6.45, 7) is 15.0. The summed E-state index contributed by atoms with van der Waals surface area (Å²) in [5.74, 6) is 0.357. The van der Waals surface area contributed by atoms with Gasteiger partial charge in [0.05, 0.1) is 19.8 Å². The third-order valence-electron chi connectivity index (χ3n) is 3.10. The Morgan fingerprint density at radius 2 is 1.33 bits per heavy atom. The van der Waals surface area contributed by atoms with Gasteiger partial charge >= 0.3 is 0 Å². The maximum absolute atomic E-state index is 11.7. The van der Waals surface area contributed by atoms with Gasteiger partial charge in [0.25, 0.3) is 0 Å². The second-order valence-corrected chi connectivity index (χ2v) is 8.69. The molecule has 142 valence electrons. The first-order valence-corrected chi connectivity index (χ1v) is 8.93. The molecule has 24 heavy (non-hydrogen) atoms. The Hall–Kier alpha value is -0.940. The van der Waals surface area contributed by atoms with Gasteiger partial charge in [0.15, 0.2) is 0 Å². The molecule has 5 nitrogen and oxygen atoms in total. The van der Waals surface area contributed by atoms with Gasteiger partial charge in [-0.1, -0.05) is 41.5 Å². The fraction of sp³-hybridized carbons (Fsp3) is 0.895. The van der Waals surface area contributed by atoms with Crippen LogP contribution in [0.5, 0.6) is 0 Å². The molecule has 1 amide bonds. The highest BCUT2D eigenvalue weighted by atomic mass is 16.5. The minimum atomic E-state index is 0.00699. The van der Waals surface area contributed by atoms with E-state index in [1.807, 2.05) is 20.8 Å². The van der Waals surface area contributed by atoms with E-state index in [0.29, 0.717) is 58.0 Å². The first-order valence-electron chi connectivity index (χ1n) is 8.93. The summed E-state index contributed by atoms with van der Waals surface area (Å²) in [6.07, 6.45) is 2.48. The smallest absolute Gasteiger partial charge is 0.220 e. The highest BCUT2D eigenvalue weighted by molar-refractivity contribution is 5.78. The van der Waals surface area contributed by atoms with Gasteiger partial charge in [0.1, 0.15) is 5.78 Å². The van der Waals surface area contributed by atoms with Gasteiger partial charge < -0.3 is 14.8 Å². The number of Topliss-reactive ketones (excluding diaryl/α,β-unsaturated/α-hetero) is 1. The molecule has 0 heterocycles. The van der Waals surface area contributed by atoms with Crippen molar-refractivity contribution in [2.45, 2.75) is 67.2 Å². The number of hydrogen-bond donors (Lipinski definition) is 1. The molecule has 0 aliphatic rings. The monoisotopic (exact) mass is 343 g/mol. The van der Waals surface area contributed by atoms with Gasteiger partial charge in [-0.3, -0.25) is 9.59 Å². The van der Waals surface area contributed by atoms with E-state index >= 15 is 0 Å². The lowest BCUT2D eigenvalue weighted by atomic mass is 9.89. The van der Waals surface area contributed by atoms with Gasteiger partial charge in [-0.15, -0.1) is 0 Å². The Morgan fingerprint density at radius 1 is 0.792 bits per heavy atom. The van der Waals surface area contributed by atoms with Crippen molar-refractivity contribution < 1.29 is 19.1 Å². The number of ketones is 1. The molecule has 0 aromatic heterocycles. The Kier molecular flexibility index (Phi) is 11.1. The summed E-state index contributed by atoms with van der Waals surface area (Å²) in [5, 5.41) is 2.84. The molecule has 0 saturated heterocycles. The maximum Gasteiger partial charge on any atom is 0.220 e. The zero-order chi connectivity index (χ0) is 18.6. The van der Waals surface area contributed by atoms with Crippen molar-refractivity contribution in [3.8, 4) is 0 Å². The lowest BCUT2D eigenvalue weighted by Crippen LogP contribution is -2.30. The molecule has 0 atom stereocenters. The van der Waals surface area contributed by atoms with Crippen LogP contribution in [-0.2, 0) is 19.1 Å². The molecule has 0 unspecified atom stereocenters. The number of carbonyl (C=O) groups excluding carboxylic acids is 2. The average molecular weight is 344 g/mol. The lowest BCUT2D eigenvalue weighted by Gasteiger charge is -2.17. The van der Waals surface area contributed by atoms with Crippen LogP contribution in [0.25, 0.3) is 0 Å². The van der Waals surface area contributed by atoms with E-state index in [9.17, 15) is 9.59 Å². The van der Waals surface area contributed by atoms with E-state index in [-0.39, 0.29) is 16.7 Å². The molecule has 0 aromatic rings. The van der Waals surface area contributed by atoms with Crippen molar-refractivity contribution >= 4 is 11.7 Å². The second-order valence-electron chi connectivity index (χ2n) is 8.69. The summed E-state index contributed by atoms with van der Waals surface area (Å²) in [7, 11) is 0. The van der Waals surface area contributed by atoms with E-state index in [0.717, 1.165) is 6.42 Å². The van der Waals surface area contributed by atoms with Gasteiger partial charge in [-0.25, -0.2) is 0 Å². The molecule has 0 fully saturated rings. The van der Waals surface area contributed by atoms with E-state index in [2.05, 4.69) is 26.1 Å². The molecule has 5 heteroatoms. The van der Waals surface area contributed by atoms with Gasteiger partial charge in [-0.2, -0.15) is 0 Å². The first kappa shape index (κ1) is 23.1. The summed E-state index contributed by atoms with van der Waals surface area (Å²) in [6, 6.07) is 0. The van der Waals surface area contributed by atoms with Crippen molar-refractivity contribution in [3.63, 3.8) is 0 Å². The number of amides is 1. The van der Waals surface area contributed by atoms with Gasteiger partial charge in [-0.05, 0) is 17.3 Å². The molecular weight excluding hydrogens is 306 g/mol. The van der Waals surface area contributed by atoms with E-state index in [1.54, 1.807) is 0 Å². The van der Waals surface area contributed by atoms with Crippen LogP contribution in [0.1, 0.15) is 67.2 Å². The van der Waals surface area contributed by atoms with Crippen LogP contribution in [0.3, 0.4) is 0 Å². The van der Waals surface area contributed by atoms with Crippen molar-refractivity contribution in [1.82, 2.24) is 5.32 Å². The van der Waals surface area contributed by atoms with Gasteiger partial charge in [0.2, 0.25) is 5.91 Å². The van der Waals surface area contributed by atoms with Crippen LogP contribution in [0.4, 0.5) is 0 Å². The third kappa shape index (κ3) is 17.4.